The van der Waals surface area contributed by atoms with Gasteiger partial charge in [-0.1, -0.05) is 58.7 Å². The number of allylic oxidation sites excluding steroid dienone is 8. The van der Waals surface area contributed by atoms with Gasteiger partial charge in [-0.3, -0.25) is 9.59 Å². The molecule has 0 atom stereocenters. The molecule has 0 aliphatic heterocycles. The van der Waals surface area contributed by atoms with Gasteiger partial charge in [0.1, 0.15) is 13.2 Å². The Bertz CT molecular complexity index is 1390. The third-order valence-electron chi connectivity index (χ3n) is 7.17. The van der Waals surface area contributed by atoms with E-state index in [1.165, 1.54) is 34.4 Å². The predicted octanol–water partition coefficient (Wildman–Crippen LogP) is 10.1. The summed E-state index contributed by atoms with van der Waals surface area (Å²) < 4.78 is 22.8. The van der Waals surface area contributed by atoms with Crippen LogP contribution in [-0.4, -0.2) is 39.0 Å². The van der Waals surface area contributed by atoms with E-state index in [0.29, 0.717) is 36.2 Å². The van der Waals surface area contributed by atoms with Crippen molar-refractivity contribution in [2.24, 2.45) is 0 Å². The van der Waals surface area contributed by atoms with Crippen LogP contribution in [0, 0.1) is 0 Å². The van der Waals surface area contributed by atoms with Gasteiger partial charge in [0, 0.05) is 0 Å². The largest absolute Gasteiger partial charge is 0.493 e. The Labute approximate surface area is 282 Å². The van der Waals surface area contributed by atoms with Gasteiger partial charge in [0.25, 0.3) is 0 Å². The quantitative estimate of drug-likeness (QED) is 0.0815. The Kier molecular flexibility index (Phi) is 17.5. The van der Waals surface area contributed by atoms with Crippen LogP contribution in [0.5, 0.6) is 23.0 Å². The molecule has 0 heterocycles. The minimum Gasteiger partial charge on any atom is -0.493 e. The molecule has 47 heavy (non-hydrogen) atoms. The number of benzene rings is 2. The van der Waals surface area contributed by atoms with Gasteiger partial charge in [-0.25, -0.2) is 0 Å². The zero-order chi connectivity index (χ0) is 34.6. The second kappa shape index (κ2) is 21.3. The SMILES string of the molecule is COc1cc(/C=C/C(=O)CC(=O)/C=C/c2ccc(OC/C=C(\C)CCC=C(C)C)c(OC)c2)ccc1OC/C=C(\C)CCC=C(C)C. The van der Waals surface area contributed by atoms with Crippen molar-refractivity contribution in [2.75, 3.05) is 27.4 Å². The molecule has 0 fully saturated rings. The Morgan fingerprint density at radius 2 is 0.979 bits per heavy atom. The molecule has 0 amide bonds. The number of hydrogen-bond acceptors (Lipinski definition) is 6. The third kappa shape index (κ3) is 16.0. The van der Waals surface area contributed by atoms with Crippen molar-refractivity contribution < 1.29 is 28.5 Å². The lowest BCUT2D eigenvalue weighted by Gasteiger charge is -2.10. The van der Waals surface area contributed by atoms with Crippen molar-refractivity contribution in [3.63, 3.8) is 0 Å². The topological polar surface area (TPSA) is 71.1 Å². The van der Waals surface area contributed by atoms with Crippen LogP contribution in [0.3, 0.4) is 0 Å². The highest BCUT2D eigenvalue weighted by Crippen LogP contribution is 2.30. The highest BCUT2D eigenvalue weighted by molar-refractivity contribution is 6.10. The van der Waals surface area contributed by atoms with Crippen LogP contribution >= 0.6 is 0 Å². The van der Waals surface area contributed by atoms with Gasteiger partial charge in [-0.15, -0.1) is 0 Å². The lowest BCUT2D eigenvalue weighted by Crippen LogP contribution is -2.02. The molecule has 0 spiro atoms. The van der Waals surface area contributed by atoms with Crippen LogP contribution < -0.4 is 18.9 Å². The summed E-state index contributed by atoms with van der Waals surface area (Å²) in [4.78, 5) is 25.0. The molecule has 0 aliphatic rings. The van der Waals surface area contributed by atoms with Crippen LogP contribution in [0.2, 0.25) is 0 Å². The molecule has 0 unspecified atom stereocenters. The smallest absolute Gasteiger partial charge is 0.163 e. The van der Waals surface area contributed by atoms with Gasteiger partial charge < -0.3 is 18.9 Å². The minimum absolute atomic E-state index is 0.234. The van der Waals surface area contributed by atoms with Crippen molar-refractivity contribution >= 4 is 23.7 Å². The highest BCUT2D eigenvalue weighted by atomic mass is 16.5. The molecule has 6 heteroatoms. The standard InChI is InChI=1S/C41H52O6/c1-30(2)11-9-13-32(5)23-25-46-38-21-17-34(27-40(38)44-7)15-19-36(42)29-37(43)20-16-35-18-22-39(41(28-35)45-8)47-26-24-33(6)14-10-12-31(3)4/h11-12,15-24,27-28H,9-10,13-14,25-26,29H2,1-8H3/b19-15+,20-16+,32-23+,33-24+. The van der Waals surface area contributed by atoms with Crippen molar-refractivity contribution in [3.8, 4) is 23.0 Å². The predicted molar refractivity (Wildman–Crippen MR) is 195 cm³/mol. The molecular weight excluding hydrogens is 588 g/mol. The maximum Gasteiger partial charge on any atom is 0.163 e. The first-order valence-electron chi connectivity index (χ1n) is 16.1. The number of ether oxygens (including phenoxy) is 4. The van der Waals surface area contributed by atoms with E-state index in [9.17, 15) is 9.59 Å². The molecule has 0 aliphatic carbocycles. The maximum atomic E-state index is 12.5. The van der Waals surface area contributed by atoms with Crippen molar-refractivity contribution in [3.05, 3.63) is 106 Å². The molecule has 2 aromatic carbocycles. The number of carbonyl (C=O) groups is 2. The lowest BCUT2D eigenvalue weighted by atomic mass is 10.1. The normalized spacial score (nSPS) is 11.8. The molecule has 0 saturated carbocycles. The van der Waals surface area contributed by atoms with E-state index in [4.69, 9.17) is 18.9 Å². The summed E-state index contributed by atoms with van der Waals surface area (Å²) in [5.74, 6) is 1.80. The van der Waals surface area contributed by atoms with E-state index < -0.39 is 0 Å². The van der Waals surface area contributed by atoms with E-state index in [1.807, 2.05) is 24.3 Å². The molecule has 252 valence electrons. The molecule has 0 N–H and O–H groups in total. The first-order chi connectivity index (χ1) is 22.5. The van der Waals surface area contributed by atoms with E-state index in [0.717, 1.165) is 36.8 Å². The average molecular weight is 641 g/mol. The Morgan fingerprint density at radius 3 is 1.34 bits per heavy atom. The van der Waals surface area contributed by atoms with E-state index in [-0.39, 0.29) is 18.0 Å². The van der Waals surface area contributed by atoms with E-state index in [1.54, 1.807) is 38.5 Å². The maximum absolute atomic E-state index is 12.5. The van der Waals surface area contributed by atoms with E-state index in [2.05, 4.69) is 65.8 Å². The summed E-state index contributed by atoms with van der Waals surface area (Å²) in [7, 11) is 3.16. The highest BCUT2D eigenvalue weighted by Gasteiger charge is 2.08. The van der Waals surface area contributed by atoms with Gasteiger partial charge in [-0.2, -0.15) is 0 Å². The summed E-state index contributed by atoms with van der Waals surface area (Å²) >= 11 is 0. The van der Waals surface area contributed by atoms with Gasteiger partial charge >= 0.3 is 0 Å². The summed E-state index contributed by atoms with van der Waals surface area (Å²) in [6.45, 7) is 13.5. The zero-order valence-corrected chi connectivity index (χ0v) is 29.5. The molecule has 6 nitrogen and oxygen atoms in total. The molecule has 2 rings (SSSR count). The van der Waals surface area contributed by atoms with Crippen molar-refractivity contribution in [1.29, 1.82) is 0 Å². The van der Waals surface area contributed by atoms with Crippen LogP contribution in [0.25, 0.3) is 12.2 Å². The van der Waals surface area contributed by atoms with E-state index >= 15 is 0 Å². The monoisotopic (exact) mass is 640 g/mol. The van der Waals surface area contributed by atoms with Crippen molar-refractivity contribution in [2.45, 2.75) is 73.6 Å². The average Bonchev–Trinajstić information content (AvgIpc) is 3.03. The first-order valence-corrected chi connectivity index (χ1v) is 16.1. The Hall–Kier alpha value is -4.58. The number of ketones is 2. The van der Waals surface area contributed by atoms with Gasteiger partial charge in [0.15, 0.2) is 34.6 Å². The molecule has 0 saturated heterocycles. The molecule has 2 aromatic rings. The van der Waals surface area contributed by atoms with Crippen LogP contribution in [0.15, 0.2) is 95.1 Å². The lowest BCUT2D eigenvalue weighted by molar-refractivity contribution is -0.121. The second-order valence-corrected chi connectivity index (χ2v) is 12.0. The number of methoxy groups -OCH3 is 2. The van der Waals surface area contributed by atoms with Crippen molar-refractivity contribution in [1.82, 2.24) is 0 Å². The van der Waals surface area contributed by atoms with Gasteiger partial charge in [-0.05, 0) is 127 Å². The summed E-state index contributed by atoms with van der Waals surface area (Å²) in [5.41, 5.74) is 6.72. The van der Waals surface area contributed by atoms with Gasteiger partial charge in [0.2, 0.25) is 0 Å². The fourth-order valence-corrected chi connectivity index (χ4v) is 4.41. The third-order valence-corrected chi connectivity index (χ3v) is 7.17. The Balaban J connectivity index is 1.90. The summed E-state index contributed by atoms with van der Waals surface area (Å²) in [6.07, 6.45) is 18.6. The van der Waals surface area contributed by atoms with Crippen LogP contribution in [0.4, 0.5) is 0 Å². The Morgan fingerprint density at radius 1 is 0.574 bits per heavy atom. The molecule has 0 aromatic heterocycles. The molecular formula is C41H52O6. The molecule has 0 bridgehead atoms. The van der Waals surface area contributed by atoms with Gasteiger partial charge in [0.05, 0.1) is 20.6 Å². The second-order valence-electron chi connectivity index (χ2n) is 12.0. The fourth-order valence-electron chi connectivity index (χ4n) is 4.41. The first kappa shape index (κ1) is 38.6. The number of rotatable bonds is 20. The summed E-state index contributed by atoms with van der Waals surface area (Å²) in [6, 6.07) is 10.9. The molecule has 0 radical (unpaired) electrons. The zero-order valence-electron chi connectivity index (χ0n) is 29.5. The number of carbonyl (C=O) groups excluding carboxylic acids is 2. The fraction of sp³-hybridized carbons (Fsp3) is 0.366. The number of hydrogen-bond donors (Lipinski definition) is 0. The summed E-state index contributed by atoms with van der Waals surface area (Å²) in [5, 5.41) is 0. The van der Waals surface area contributed by atoms with Crippen LogP contribution in [0.1, 0.15) is 84.8 Å². The van der Waals surface area contributed by atoms with Crippen LogP contribution in [-0.2, 0) is 9.59 Å². The minimum atomic E-state index is -0.293.